The van der Waals surface area contributed by atoms with E-state index in [4.69, 9.17) is 23.2 Å². The Balaban J connectivity index is 1.33. The lowest BCUT2D eigenvalue weighted by molar-refractivity contribution is -0.141. The third-order valence-electron chi connectivity index (χ3n) is 4.96. The highest BCUT2D eigenvalue weighted by molar-refractivity contribution is 6.36. The number of carbonyl (C=O) groups excluding carboxylic acids is 1. The number of aromatic nitrogens is 4. The Kier molecular flexibility index (Phi) is 5.98. The van der Waals surface area contributed by atoms with Gasteiger partial charge >= 0.3 is 6.18 Å². The Labute approximate surface area is 185 Å². The Bertz CT molecular complexity index is 1100. The van der Waals surface area contributed by atoms with Crippen molar-refractivity contribution >= 4 is 29.1 Å². The molecule has 2 aromatic heterocycles. The lowest BCUT2D eigenvalue weighted by Crippen LogP contribution is -2.25. The lowest BCUT2D eigenvalue weighted by atomic mass is 10.1. The average Bonchev–Trinajstić information content (AvgIpc) is 3.25. The average molecular weight is 472 g/mol. The highest BCUT2D eigenvalue weighted by Crippen LogP contribution is 2.42. The molecule has 0 spiro atoms. The first-order chi connectivity index (χ1) is 14.7. The summed E-state index contributed by atoms with van der Waals surface area (Å²) in [5, 5.41) is 14.1. The number of carbonyl (C=O) groups is 1. The van der Waals surface area contributed by atoms with Gasteiger partial charge < -0.3 is 5.32 Å². The third-order valence-corrected chi connectivity index (χ3v) is 5.51. The van der Waals surface area contributed by atoms with Gasteiger partial charge in [0.1, 0.15) is 5.69 Å². The fourth-order valence-corrected chi connectivity index (χ4v) is 3.76. The van der Waals surface area contributed by atoms with Crippen molar-refractivity contribution in [1.82, 2.24) is 25.3 Å². The molecule has 1 aliphatic rings. The Morgan fingerprint density at radius 3 is 2.68 bits per heavy atom. The first-order valence-electron chi connectivity index (χ1n) is 9.66. The summed E-state index contributed by atoms with van der Waals surface area (Å²) in [6.45, 7) is 0.566. The van der Waals surface area contributed by atoms with Crippen molar-refractivity contribution in [3.63, 3.8) is 0 Å². The minimum atomic E-state index is -4.46. The molecular formula is C20H18Cl2F3N5O. The summed E-state index contributed by atoms with van der Waals surface area (Å²) in [6, 6.07) is 7.66. The molecule has 0 radical (unpaired) electrons. The van der Waals surface area contributed by atoms with E-state index in [0.717, 1.165) is 18.9 Å². The van der Waals surface area contributed by atoms with Gasteiger partial charge in [0.2, 0.25) is 0 Å². The second-order valence-corrected chi connectivity index (χ2v) is 8.19. The Morgan fingerprint density at radius 1 is 1.23 bits per heavy atom. The van der Waals surface area contributed by atoms with E-state index >= 15 is 0 Å². The Morgan fingerprint density at radius 2 is 2.00 bits per heavy atom. The molecule has 2 heterocycles. The zero-order valence-electron chi connectivity index (χ0n) is 16.1. The fraction of sp³-hybridized carbons (Fsp3) is 0.350. The van der Waals surface area contributed by atoms with Crippen molar-refractivity contribution in [2.75, 3.05) is 6.54 Å². The number of aromatic amines is 1. The van der Waals surface area contributed by atoms with Crippen LogP contribution in [0, 0.1) is 0 Å². The van der Waals surface area contributed by atoms with Crippen LogP contribution >= 0.6 is 23.2 Å². The van der Waals surface area contributed by atoms with Crippen LogP contribution in [0.1, 0.15) is 47.1 Å². The summed E-state index contributed by atoms with van der Waals surface area (Å²) in [5.74, 6) is -0.232. The normalized spacial score (nSPS) is 14.1. The molecule has 0 atom stereocenters. The molecule has 0 saturated heterocycles. The van der Waals surface area contributed by atoms with Crippen molar-refractivity contribution in [2.45, 2.75) is 37.9 Å². The van der Waals surface area contributed by atoms with Crippen LogP contribution in [-0.2, 0) is 12.7 Å². The molecule has 0 unspecified atom stereocenters. The van der Waals surface area contributed by atoms with Gasteiger partial charge in [0.25, 0.3) is 5.91 Å². The zero-order chi connectivity index (χ0) is 22.2. The predicted molar refractivity (Wildman–Crippen MR) is 110 cm³/mol. The number of H-pyrrole nitrogens is 1. The van der Waals surface area contributed by atoms with Crippen LogP contribution in [0.2, 0.25) is 10.0 Å². The zero-order valence-corrected chi connectivity index (χ0v) is 17.7. The molecule has 2 N–H and O–H groups in total. The topological polar surface area (TPSA) is 75.6 Å². The van der Waals surface area contributed by atoms with Gasteiger partial charge in [0.15, 0.2) is 5.69 Å². The summed E-state index contributed by atoms with van der Waals surface area (Å²) >= 11 is 12.1. The van der Waals surface area contributed by atoms with Gasteiger partial charge in [0.05, 0.1) is 10.7 Å². The van der Waals surface area contributed by atoms with Crippen LogP contribution in [0.4, 0.5) is 13.2 Å². The number of alkyl halides is 3. The largest absolute Gasteiger partial charge is 0.435 e. The number of hydrogen-bond donors (Lipinski definition) is 2. The summed E-state index contributed by atoms with van der Waals surface area (Å²) in [6.07, 6.45) is -2.28. The number of rotatable bonds is 7. The molecule has 1 fully saturated rings. The van der Waals surface area contributed by atoms with Crippen molar-refractivity contribution in [2.24, 2.45) is 0 Å². The van der Waals surface area contributed by atoms with E-state index in [2.05, 4.69) is 20.6 Å². The number of nitrogens with zero attached hydrogens (tertiary/aromatic N) is 3. The lowest BCUT2D eigenvalue weighted by Gasteiger charge is -2.07. The molecule has 164 valence electrons. The van der Waals surface area contributed by atoms with E-state index in [1.165, 1.54) is 4.68 Å². The van der Waals surface area contributed by atoms with E-state index in [9.17, 15) is 18.0 Å². The first kappa shape index (κ1) is 21.7. The molecule has 1 amide bonds. The number of aryl methyl sites for hydroxylation is 1. The molecule has 0 aliphatic heterocycles. The second-order valence-electron chi connectivity index (χ2n) is 7.35. The van der Waals surface area contributed by atoms with Crippen LogP contribution in [0.3, 0.4) is 0 Å². The predicted octanol–water partition coefficient (Wildman–Crippen LogP) is 5.30. The van der Waals surface area contributed by atoms with Gasteiger partial charge in [-0.05, 0) is 49.6 Å². The molecule has 1 aromatic carbocycles. The summed E-state index contributed by atoms with van der Waals surface area (Å²) in [5.41, 5.74) is 1.12. The van der Waals surface area contributed by atoms with E-state index in [0.29, 0.717) is 33.4 Å². The number of hydrogen-bond acceptors (Lipinski definition) is 3. The fourth-order valence-electron chi connectivity index (χ4n) is 3.26. The van der Waals surface area contributed by atoms with E-state index in [1.54, 1.807) is 24.3 Å². The maximum Gasteiger partial charge on any atom is 0.435 e. The number of amides is 1. The maximum absolute atomic E-state index is 13.0. The van der Waals surface area contributed by atoms with Gasteiger partial charge in [-0.2, -0.15) is 23.4 Å². The number of halogens is 5. The molecule has 0 bridgehead atoms. The van der Waals surface area contributed by atoms with Crippen molar-refractivity contribution in [3.05, 3.63) is 57.5 Å². The van der Waals surface area contributed by atoms with Crippen LogP contribution in [0.5, 0.6) is 0 Å². The molecule has 6 nitrogen and oxygen atoms in total. The molecule has 1 saturated carbocycles. The maximum atomic E-state index is 13.0. The van der Waals surface area contributed by atoms with Gasteiger partial charge in [-0.3, -0.25) is 14.6 Å². The summed E-state index contributed by atoms with van der Waals surface area (Å²) in [4.78, 5) is 12.4. The first-order valence-corrected chi connectivity index (χ1v) is 10.4. The molecule has 1 aliphatic carbocycles. The number of nitrogens with one attached hydrogen (secondary N) is 2. The molecule has 11 heteroatoms. The van der Waals surface area contributed by atoms with Crippen molar-refractivity contribution < 1.29 is 18.0 Å². The highest BCUT2D eigenvalue weighted by Gasteiger charge is 2.37. The third kappa shape index (κ3) is 5.04. The van der Waals surface area contributed by atoms with Crippen LogP contribution in [0.25, 0.3) is 11.3 Å². The second kappa shape index (κ2) is 8.55. The van der Waals surface area contributed by atoms with Gasteiger partial charge in [0, 0.05) is 35.3 Å². The van der Waals surface area contributed by atoms with Crippen LogP contribution in [0.15, 0.2) is 30.3 Å². The SMILES string of the molecule is O=C(NCCCn1nc(C(F)(F)F)cc1C1CC1)c1cc(-c2ccc(Cl)cc2Cl)n[nH]1. The quantitative estimate of drug-likeness (QED) is 0.459. The summed E-state index contributed by atoms with van der Waals surface area (Å²) in [7, 11) is 0. The van der Waals surface area contributed by atoms with Gasteiger partial charge in [-0.25, -0.2) is 0 Å². The van der Waals surface area contributed by atoms with Crippen LogP contribution in [-0.4, -0.2) is 32.4 Å². The van der Waals surface area contributed by atoms with E-state index in [-0.39, 0.29) is 30.6 Å². The molecule has 3 aromatic rings. The highest BCUT2D eigenvalue weighted by atomic mass is 35.5. The van der Waals surface area contributed by atoms with Gasteiger partial charge in [-0.15, -0.1) is 0 Å². The minimum Gasteiger partial charge on any atom is -0.351 e. The molecule has 31 heavy (non-hydrogen) atoms. The van der Waals surface area contributed by atoms with E-state index < -0.39 is 11.9 Å². The van der Waals surface area contributed by atoms with E-state index in [1.807, 2.05) is 0 Å². The van der Waals surface area contributed by atoms with Crippen LogP contribution < -0.4 is 5.32 Å². The van der Waals surface area contributed by atoms with Crippen molar-refractivity contribution in [3.8, 4) is 11.3 Å². The monoisotopic (exact) mass is 471 g/mol. The number of benzene rings is 1. The van der Waals surface area contributed by atoms with Crippen molar-refractivity contribution in [1.29, 1.82) is 0 Å². The standard InChI is InChI=1S/C20H18Cl2F3N5O/c21-12-4-5-13(14(22)8-12)15-9-16(28-27-15)19(31)26-6-1-7-30-17(11-2-3-11)10-18(29-30)20(23,24)25/h4-5,8-11H,1-3,6-7H2,(H,26,31)(H,27,28). The molecular weight excluding hydrogens is 454 g/mol. The molecule has 4 rings (SSSR count). The van der Waals surface area contributed by atoms with Gasteiger partial charge in [-0.1, -0.05) is 23.2 Å². The smallest absolute Gasteiger partial charge is 0.351 e. The Hall–Kier alpha value is -2.52. The minimum absolute atomic E-state index is 0.140. The summed E-state index contributed by atoms with van der Waals surface area (Å²) < 4.78 is 40.3.